The lowest BCUT2D eigenvalue weighted by atomic mass is 9.77. The number of hydrogen-bond donors (Lipinski definition) is 5. The van der Waals surface area contributed by atoms with Gasteiger partial charge < -0.3 is 40.5 Å². The van der Waals surface area contributed by atoms with Gasteiger partial charge in [0.15, 0.2) is 0 Å². The van der Waals surface area contributed by atoms with Crippen LogP contribution in [-0.2, 0) is 14.3 Å². The van der Waals surface area contributed by atoms with E-state index in [1.54, 1.807) is 12.4 Å². The number of aromatic amines is 2. The van der Waals surface area contributed by atoms with E-state index in [1.807, 2.05) is 12.1 Å². The van der Waals surface area contributed by atoms with Gasteiger partial charge in [0.25, 0.3) is 0 Å². The summed E-state index contributed by atoms with van der Waals surface area (Å²) < 4.78 is 86.7. The Morgan fingerprint density at radius 1 is 0.733 bits per heavy atom. The number of amides is 5. The number of benzene rings is 1. The molecule has 14 nitrogen and oxygen atoms in total. The number of alkyl carbamates (subject to hydrolysis) is 1. The van der Waals surface area contributed by atoms with E-state index in [0.29, 0.717) is 48.9 Å². The topological polar surface area (TPSA) is 177 Å². The van der Waals surface area contributed by atoms with Crippen molar-refractivity contribution in [2.75, 3.05) is 27.2 Å². The Bertz CT molecular complexity index is 1980. The first-order valence-corrected chi connectivity index (χ1v) is 20.2. The van der Waals surface area contributed by atoms with Crippen molar-refractivity contribution in [2.24, 2.45) is 11.8 Å². The third-order valence-corrected chi connectivity index (χ3v) is 12.3. The number of hydrogen-bond acceptors (Lipinski definition) is 7. The highest BCUT2D eigenvalue weighted by Gasteiger charge is 2.49. The van der Waals surface area contributed by atoms with Gasteiger partial charge in [-0.3, -0.25) is 9.59 Å². The molecule has 0 radical (unpaired) electrons. The Labute approximate surface area is 343 Å². The molecular formula is C40H51F6N9O5. The zero-order chi connectivity index (χ0) is 43.5. The van der Waals surface area contributed by atoms with Crippen molar-refractivity contribution in [2.45, 2.75) is 114 Å². The van der Waals surface area contributed by atoms with Crippen LogP contribution in [0.5, 0.6) is 0 Å². The summed E-state index contributed by atoms with van der Waals surface area (Å²) >= 11 is 0. The lowest BCUT2D eigenvalue weighted by molar-refractivity contribution is -0.183. The van der Waals surface area contributed by atoms with E-state index in [1.165, 1.54) is 16.8 Å². The van der Waals surface area contributed by atoms with Crippen LogP contribution in [0.3, 0.4) is 0 Å². The van der Waals surface area contributed by atoms with E-state index in [2.05, 4.69) is 52.8 Å². The van der Waals surface area contributed by atoms with Crippen molar-refractivity contribution in [1.29, 1.82) is 0 Å². The van der Waals surface area contributed by atoms with Gasteiger partial charge in [-0.05, 0) is 68.4 Å². The van der Waals surface area contributed by atoms with Gasteiger partial charge in [0.1, 0.15) is 23.7 Å². The number of methoxy groups -OCH3 is 1. The smallest absolute Gasteiger partial charge is 0.407 e. The molecule has 60 heavy (non-hydrogen) atoms. The SMILES string of the molecule is CNC(=O)NC(C(=O)N1CCCC1c1ncc(-c2ccc(C3CCC(c4cnc(C5CCCN5C(=O)C(NC(=O)OC)C(C)C(F)(F)F)[nH]4)CC3)cc2)[nH]1)C(C)C(F)(F)F. The van der Waals surface area contributed by atoms with Gasteiger partial charge in [-0.15, -0.1) is 0 Å². The molecule has 2 aromatic heterocycles. The Kier molecular flexibility index (Phi) is 13.4. The second-order valence-corrected chi connectivity index (χ2v) is 15.9. The van der Waals surface area contributed by atoms with Crippen LogP contribution in [0.15, 0.2) is 36.7 Å². The van der Waals surface area contributed by atoms with Gasteiger partial charge in [-0.25, -0.2) is 19.6 Å². The number of nitrogens with zero attached hydrogens (tertiary/aromatic N) is 4. The number of rotatable bonds is 11. The minimum atomic E-state index is -4.73. The van der Waals surface area contributed by atoms with Crippen molar-refractivity contribution >= 4 is 23.9 Å². The molecule has 2 saturated heterocycles. The number of imidazole rings is 2. The van der Waals surface area contributed by atoms with Crippen molar-refractivity contribution in [1.82, 2.24) is 45.7 Å². The lowest BCUT2D eigenvalue weighted by Crippen LogP contribution is -2.56. The molecule has 6 unspecified atom stereocenters. The average Bonchev–Trinajstić information content (AvgIpc) is 4.07. The monoisotopic (exact) mass is 851 g/mol. The normalized spacial score (nSPS) is 23.1. The number of carbonyl (C=O) groups is 4. The number of urea groups is 1. The summed E-state index contributed by atoms with van der Waals surface area (Å²) in [4.78, 5) is 69.3. The van der Waals surface area contributed by atoms with E-state index < -0.39 is 72.3 Å². The summed E-state index contributed by atoms with van der Waals surface area (Å²) in [5, 5.41) is 6.48. The Morgan fingerprint density at radius 2 is 1.23 bits per heavy atom. The summed E-state index contributed by atoms with van der Waals surface area (Å²) in [6.45, 7) is 2.18. The number of nitrogens with one attached hydrogen (secondary N) is 5. The van der Waals surface area contributed by atoms with Gasteiger partial charge in [0.05, 0.1) is 42.9 Å². The van der Waals surface area contributed by atoms with Crippen molar-refractivity contribution < 1.29 is 50.3 Å². The van der Waals surface area contributed by atoms with Crippen LogP contribution < -0.4 is 16.0 Å². The van der Waals surface area contributed by atoms with Crippen LogP contribution in [0.25, 0.3) is 11.3 Å². The molecule has 1 aliphatic carbocycles. The van der Waals surface area contributed by atoms with Crippen LogP contribution in [0.2, 0.25) is 0 Å². The first-order valence-electron chi connectivity index (χ1n) is 20.2. The van der Waals surface area contributed by atoms with Crippen molar-refractivity contribution in [3.63, 3.8) is 0 Å². The second kappa shape index (κ2) is 18.1. The van der Waals surface area contributed by atoms with Crippen LogP contribution in [-0.4, -0.2) is 105 Å². The van der Waals surface area contributed by atoms with Crippen LogP contribution in [0.4, 0.5) is 35.9 Å². The molecule has 328 valence electrons. The molecule has 3 fully saturated rings. The highest BCUT2D eigenvalue weighted by atomic mass is 19.4. The average molecular weight is 852 g/mol. The molecule has 0 spiro atoms. The molecule has 0 bridgehead atoms. The molecule has 1 aromatic carbocycles. The summed E-state index contributed by atoms with van der Waals surface area (Å²) in [7, 11) is 2.28. The van der Waals surface area contributed by atoms with Gasteiger partial charge in [-0.1, -0.05) is 38.1 Å². The van der Waals surface area contributed by atoms with Crippen molar-refractivity contribution in [3.8, 4) is 11.3 Å². The van der Waals surface area contributed by atoms with Gasteiger partial charge >= 0.3 is 24.5 Å². The fraction of sp³-hybridized carbons (Fsp3) is 0.600. The zero-order valence-corrected chi connectivity index (χ0v) is 33.8. The van der Waals surface area contributed by atoms with E-state index in [0.717, 1.165) is 63.5 Å². The Hall–Kier alpha value is -5.30. The lowest BCUT2D eigenvalue weighted by Gasteiger charge is -2.32. The first kappa shape index (κ1) is 44.3. The predicted octanol–water partition coefficient (Wildman–Crippen LogP) is 6.99. The number of likely N-dealkylation sites (tertiary alicyclic amines) is 2. The number of ether oxygens (including phenoxy) is 1. The number of H-pyrrole nitrogens is 2. The third kappa shape index (κ3) is 9.67. The minimum absolute atomic E-state index is 0.170. The molecule has 1 saturated carbocycles. The van der Waals surface area contributed by atoms with Gasteiger partial charge in [0, 0.05) is 37.9 Å². The standard InChI is InChI=1S/C40H51F6N9O5/c1-21(39(41,42)43)31(52-37(58)47-3)35(56)54-17-5-7-29(54)33-48-19-27(50-33)25-13-9-23(10-14-25)24-11-15-26(16-12-24)28-20-49-34(51-28)30-8-6-18-55(30)36(57)32(53-38(59)60-4)22(2)40(44,45)46/h9-10,13-14,19-22,24,26,29-32H,5-8,11-12,15-18H2,1-4H3,(H,48,50)(H,49,51)(H,53,59)(H2,47,52,58). The molecule has 3 aromatic rings. The van der Waals surface area contributed by atoms with Gasteiger partial charge in [0.2, 0.25) is 11.8 Å². The number of carbonyl (C=O) groups excluding carboxylic acids is 4. The first-order chi connectivity index (χ1) is 28.4. The summed E-state index contributed by atoms with van der Waals surface area (Å²) in [6.07, 6.45) is -1.56. The molecule has 3 aliphatic rings. The molecule has 4 heterocycles. The van der Waals surface area contributed by atoms with E-state index in [4.69, 9.17) is 0 Å². The molecule has 5 amide bonds. The molecule has 6 rings (SSSR count). The predicted molar refractivity (Wildman–Crippen MR) is 205 cm³/mol. The number of aromatic nitrogens is 4. The number of alkyl halides is 6. The maximum atomic E-state index is 13.7. The molecule has 6 atom stereocenters. The maximum absolute atomic E-state index is 13.7. The quantitative estimate of drug-likeness (QED) is 0.129. The molecule has 5 N–H and O–H groups in total. The highest BCUT2D eigenvalue weighted by molar-refractivity contribution is 5.88. The third-order valence-electron chi connectivity index (χ3n) is 12.3. The largest absolute Gasteiger partial charge is 0.453 e. The summed E-state index contributed by atoms with van der Waals surface area (Å²) in [5.41, 5.74) is 3.59. The Balaban J connectivity index is 1.06. The van der Waals surface area contributed by atoms with E-state index in [9.17, 15) is 45.5 Å². The van der Waals surface area contributed by atoms with Gasteiger partial charge in [-0.2, -0.15) is 26.3 Å². The van der Waals surface area contributed by atoms with E-state index in [-0.39, 0.29) is 19.0 Å². The van der Waals surface area contributed by atoms with Crippen LogP contribution in [0, 0.1) is 11.8 Å². The maximum Gasteiger partial charge on any atom is 0.407 e. The minimum Gasteiger partial charge on any atom is -0.453 e. The fourth-order valence-corrected chi connectivity index (χ4v) is 8.62. The summed E-state index contributed by atoms with van der Waals surface area (Å²) in [5.74, 6) is -4.52. The second-order valence-electron chi connectivity index (χ2n) is 15.9. The number of halogens is 6. The van der Waals surface area contributed by atoms with Crippen molar-refractivity contribution in [3.05, 3.63) is 59.6 Å². The Morgan fingerprint density at radius 3 is 1.75 bits per heavy atom. The highest BCUT2D eigenvalue weighted by Crippen LogP contribution is 2.42. The molecule has 2 aliphatic heterocycles. The summed E-state index contributed by atoms with van der Waals surface area (Å²) in [6, 6.07) is 2.36. The molecule has 20 heteroatoms. The van der Waals surface area contributed by atoms with E-state index >= 15 is 0 Å². The van der Waals surface area contributed by atoms with Crippen LogP contribution >= 0.6 is 0 Å². The zero-order valence-electron chi connectivity index (χ0n) is 33.8. The fourth-order valence-electron chi connectivity index (χ4n) is 8.62. The van der Waals surface area contributed by atoms with Crippen LogP contribution in [0.1, 0.15) is 112 Å². The molecular weight excluding hydrogens is 800 g/mol.